The molecule has 0 radical (unpaired) electrons. The molecule has 4 nitrogen and oxygen atoms in total. The van der Waals surface area contributed by atoms with Crippen LogP contribution in [0.4, 0.5) is 0 Å². The molecule has 1 aromatic rings. The van der Waals surface area contributed by atoms with Crippen LogP contribution in [0.1, 0.15) is 102 Å². The number of esters is 1. The maximum Gasteiger partial charge on any atom is 0.338 e. The maximum absolute atomic E-state index is 12.5. The summed E-state index contributed by atoms with van der Waals surface area (Å²) in [5, 5.41) is 9.40. The van der Waals surface area contributed by atoms with Gasteiger partial charge in [-0.1, -0.05) is 65.7 Å². The van der Waals surface area contributed by atoms with Gasteiger partial charge < -0.3 is 14.6 Å². The number of benzene rings is 1. The monoisotopic (exact) mass is 406 g/mol. The van der Waals surface area contributed by atoms with Crippen molar-refractivity contribution in [3.63, 3.8) is 0 Å². The van der Waals surface area contributed by atoms with E-state index in [0.717, 1.165) is 38.7 Å². The van der Waals surface area contributed by atoms with E-state index in [1.165, 1.54) is 44.2 Å². The molecule has 0 saturated carbocycles. The summed E-state index contributed by atoms with van der Waals surface area (Å²) in [5.74, 6) is -0.00422. The molecule has 0 saturated heterocycles. The van der Waals surface area contributed by atoms with Crippen molar-refractivity contribution in [1.29, 1.82) is 0 Å². The quantitative estimate of drug-likeness (QED) is 0.240. The second kappa shape index (κ2) is 15.3. The molecule has 0 spiro atoms. The number of unbranched alkanes of at least 4 members (excludes halogenated alkanes) is 5. The lowest BCUT2D eigenvalue weighted by Gasteiger charge is -2.31. The minimum atomic E-state index is -0.343. The van der Waals surface area contributed by atoms with Gasteiger partial charge in [-0.3, -0.25) is 0 Å². The second-order valence-corrected chi connectivity index (χ2v) is 8.08. The highest BCUT2D eigenvalue weighted by Gasteiger charge is 2.29. The van der Waals surface area contributed by atoms with Gasteiger partial charge in [0.2, 0.25) is 0 Å². The molecule has 1 aromatic carbocycles. The first kappa shape index (κ1) is 25.5. The molecule has 3 unspecified atom stereocenters. The molecule has 1 rings (SSSR count). The van der Waals surface area contributed by atoms with Gasteiger partial charge in [0.05, 0.1) is 11.7 Å². The summed E-state index contributed by atoms with van der Waals surface area (Å²) in [4.78, 5) is 12.5. The van der Waals surface area contributed by atoms with E-state index in [9.17, 15) is 9.90 Å². The number of hydrogen-bond donors (Lipinski definition) is 1. The largest absolute Gasteiger partial charge is 0.508 e. The number of rotatable bonds is 16. The summed E-state index contributed by atoms with van der Waals surface area (Å²) in [5.41, 5.74) is 0.463. The molecule has 4 heteroatoms. The van der Waals surface area contributed by atoms with Crippen molar-refractivity contribution in [3.05, 3.63) is 29.8 Å². The molecule has 0 aliphatic heterocycles. The summed E-state index contributed by atoms with van der Waals surface area (Å²) >= 11 is 0. The van der Waals surface area contributed by atoms with Gasteiger partial charge in [0.1, 0.15) is 11.9 Å². The second-order valence-electron chi connectivity index (χ2n) is 8.08. The van der Waals surface area contributed by atoms with E-state index in [1.54, 1.807) is 12.1 Å². The molecule has 0 aliphatic rings. The third-order valence-corrected chi connectivity index (χ3v) is 5.50. The van der Waals surface area contributed by atoms with Crippen LogP contribution >= 0.6 is 0 Å². The van der Waals surface area contributed by atoms with Crippen LogP contribution in [-0.4, -0.2) is 29.9 Å². The van der Waals surface area contributed by atoms with E-state index in [-0.39, 0.29) is 29.8 Å². The van der Waals surface area contributed by atoms with Crippen molar-refractivity contribution in [3.8, 4) is 5.75 Å². The number of phenols is 1. The first-order chi connectivity index (χ1) is 14.0. The van der Waals surface area contributed by atoms with Gasteiger partial charge in [-0.15, -0.1) is 0 Å². The molecule has 1 N–H and O–H groups in total. The Morgan fingerprint density at radius 2 is 1.52 bits per heavy atom. The van der Waals surface area contributed by atoms with Crippen molar-refractivity contribution >= 4 is 5.97 Å². The molecular formula is C25H42O4. The average molecular weight is 407 g/mol. The van der Waals surface area contributed by atoms with Gasteiger partial charge in [0.25, 0.3) is 0 Å². The third-order valence-electron chi connectivity index (χ3n) is 5.50. The maximum atomic E-state index is 12.5. The molecule has 3 atom stereocenters. The number of carbonyl (C=O) groups excluding carboxylic acids is 1. The van der Waals surface area contributed by atoms with Crippen LogP contribution in [0.25, 0.3) is 0 Å². The van der Waals surface area contributed by atoms with Crippen molar-refractivity contribution < 1.29 is 19.4 Å². The average Bonchev–Trinajstić information content (AvgIpc) is 2.71. The van der Waals surface area contributed by atoms with Gasteiger partial charge in [0.15, 0.2) is 0 Å². The van der Waals surface area contributed by atoms with Gasteiger partial charge in [-0.05, 0) is 50.5 Å². The summed E-state index contributed by atoms with van der Waals surface area (Å²) in [7, 11) is 0. The summed E-state index contributed by atoms with van der Waals surface area (Å²) in [6.07, 6.45) is 11.5. The number of hydrogen-bond acceptors (Lipinski definition) is 4. The summed E-state index contributed by atoms with van der Waals surface area (Å²) in [6.45, 7) is 9.35. The Balaban J connectivity index is 2.60. The lowest BCUT2D eigenvalue weighted by atomic mass is 9.89. The van der Waals surface area contributed by atoms with E-state index < -0.39 is 0 Å². The van der Waals surface area contributed by atoms with E-state index in [1.807, 2.05) is 6.92 Å². The Kier molecular flexibility index (Phi) is 13.5. The van der Waals surface area contributed by atoms with Crippen molar-refractivity contribution in [2.75, 3.05) is 6.61 Å². The Morgan fingerprint density at radius 1 is 0.897 bits per heavy atom. The fourth-order valence-corrected chi connectivity index (χ4v) is 3.80. The zero-order chi connectivity index (χ0) is 21.5. The van der Waals surface area contributed by atoms with E-state index in [2.05, 4.69) is 20.8 Å². The van der Waals surface area contributed by atoms with Gasteiger partial charge in [-0.2, -0.15) is 0 Å². The van der Waals surface area contributed by atoms with Crippen LogP contribution in [0.5, 0.6) is 5.75 Å². The van der Waals surface area contributed by atoms with Crippen LogP contribution in [0, 0.1) is 5.92 Å². The van der Waals surface area contributed by atoms with Crippen LogP contribution in [0.2, 0.25) is 0 Å². The van der Waals surface area contributed by atoms with Crippen molar-refractivity contribution in [1.82, 2.24) is 0 Å². The van der Waals surface area contributed by atoms with Crippen LogP contribution in [-0.2, 0) is 9.47 Å². The normalized spacial score (nSPS) is 14.3. The van der Waals surface area contributed by atoms with Crippen LogP contribution < -0.4 is 0 Å². The fourth-order valence-electron chi connectivity index (χ4n) is 3.80. The van der Waals surface area contributed by atoms with Crippen molar-refractivity contribution in [2.45, 2.75) is 104 Å². The minimum Gasteiger partial charge on any atom is -0.508 e. The molecule has 0 heterocycles. The minimum absolute atomic E-state index is 0.123. The zero-order valence-electron chi connectivity index (χ0n) is 19.0. The summed E-state index contributed by atoms with van der Waals surface area (Å²) in [6, 6.07) is 6.21. The zero-order valence-corrected chi connectivity index (χ0v) is 19.0. The smallest absolute Gasteiger partial charge is 0.338 e. The number of ether oxygens (including phenoxy) is 2. The SMILES string of the molecule is CCCCCCCCOC(CCC)C(CCC)C(C)OC(=O)c1ccc(O)cc1. The van der Waals surface area contributed by atoms with E-state index in [4.69, 9.17) is 9.47 Å². The molecule has 0 fully saturated rings. The Morgan fingerprint density at radius 3 is 2.14 bits per heavy atom. The predicted octanol–water partition coefficient (Wildman–Crippen LogP) is 6.90. The fraction of sp³-hybridized carbons (Fsp3) is 0.720. The number of phenolic OH excluding ortho intramolecular Hbond substituents is 1. The van der Waals surface area contributed by atoms with Gasteiger partial charge in [0, 0.05) is 12.5 Å². The van der Waals surface area contributed by atoms with Gasteiger partial charge in [-0.25, -0.2) is 4.79 Å². The molecule has 0 aliphatic carbocycles. The number of carbonyl (C=O) groups is 1. The molecule has 0 aromatic heterocycles. The highest BCUT2D eigenvalue weighted by atomic mass is 16.5. The van der Waals surface area contributed by atoms with Crippen LogP contribution in [0.15, 0.2) is 24.3 Å². The lowest BCUT2D eigenvalue weighted by Crippen LogP contribution is -2.35. The first-order valence-corrected chi connectivity index (χ1v) is 11.6. The highest BCUT2D eigenvalue weighted by Crippen LogP contribution is 2.26. The molecule has 166 valence electrons. The predicted molar refractivity (Wildman–Crippen MR) is 119 cm³/mol. The Bertz CT molecular complexity index is 540. The summed E-state index contributed by atoms with van der Waals surface area (Å²) < 4.78 is 12.1. The molecule has 0 bridgehead atoms. The topological polar surface area (TPSA) is 55.8 Å². The molecule has 0 amide bonds. The molecule has 29 heavy (non-hydrogen) atoms. The number of aromatic hydroxyl groups is 1. The molecular weight excluding hydrogens is 364 g/mol. The van der Waals surface area contributed by atoms with Crippen LogP contribution in [0.3, 0.4) is 0 Å². The third kappa shape index (κ3) is 10.2. The Labute approximate surface area is 178 Å². The Hall–Kier alpha value is -1.55. The first-order valence-electron chi connectivity index (χ1n) is 11.6. The van der Waals surface area contributed by atoms with E-state index >= 15 is 0 Å². The highest BCUT2D eigenvalue weighted by molar-refractivity contribution is 5.89. The van der Waals surface area contributed by atoms with Crippen molar-refractivity contribution in [2.24, 2.45) is 5.92 Å². The standard InChI is InChI=1S/C25H42O4/c1-5-8-9-10-11-12-19-28-24(14-7-3)23(13-6-2)20(4)29-25(27)21-15-17-22(26)18-16-21/h15-18,20,23-24,26H,5-14,19H2,1-4H3. The van der Waals surface area contributed by atoms with Gasteiger partial charge >= 0.3 is 5.97 Å². The lowest BCUT2D eigenvalue weighted by molar-refractivity contribution is -0.0506. The van der Waals surface area contributed by atoms with E-state index in [0.29, 0.717) is 5.56 Å².